The second-order valence-electron chi connectivity index (χ2n) is 2.57. The molecule has 0 aromatic carbocycles. The van der Waals surface area contributed by atoms with Crippen LogP contribution in [0.1, 0.15) is 20.1 Å². The summed E-state index contributed by atoms with van der Waals surface area (Å²) in [6.07, 6.45) is -0.222. The van der Waals surface area contributed by atoms with E-state index in [4.69, 9.17) is 10.2 Å². The van der Waals surface area contributed by atoms with Gasteiger partial charge in [-0.15, -0.1) is 11.3 Å². The third kappa shape index (κ3) is 2.29. The Morgan fingerprint density at radius 3 is 2.54 bits per heavy atom. The second kappa shape index (κ2) is 3.57. The molecule has 0 aliphatic heterocycles. The maximum absolute atomic E-state index is 10.6. The van der Waals surface area contributed by atoms with E-state index in [0.29, 0.717) is 4.88 Å². The van der Waals surface area contributed by atoms with Gasteiger partial charge in [0, 0.05) is 9.75 Å². The average Bonchev–Trinajstić information content (AvgIpc) is 2.29. The van der Waals surface area contributed by atoms with E-state index in [1.807, 2.05) is 0 Å². The zero-order valence-corrected chi connectivity index (χ0v) is 7.72. The van der Waals surface area contributed by atoms with E-state index < -0.39 is 11.9 Å². The van der Waals surface area contributed by atoms with E-state index in [9.17, 15) is 9.59 Å². The number of carbonyl (C=O) groups is 2. The van der Waals surface area contributed by atoms with Crippen LogP contribution >= 0.6 is 11.3 Å². The smallest absolute Gasteiger partial charge is 0.336 e. The summed E-state index contributed by atoms with van der Waals surface area (Å²) in [5, 5.41) is 17.2. The summed E-state index contributed by atoms with van der Waals surface area (Å²) < 4.78 is 0. The van der Waals surface area contributed by atoms with Crippen LogP contribution in [-0.4, -0.2) is 22.2 Å². The highest BCUT2D eigenvalue weighted by Crippen LogP contribution is 2.22. The minimum Gasteiger partial charge on any atom is -0.481 e. The molecule has 13 heavy (non-hydrogen) atoms. The molecule has 0 amide bonds. The normalized spacial score (nSPS) is 9.92. The lowest BCUT2D eigenvalue weighted by Gasteiger charge is -1.93. The molecule has 1 heterocycles. The summed E-state index contributed by atoms with van der Waals surface area (Å²) in [7, 11) is 0. The van der Waals surface area contributed by atoms with Crippen LogP contribution in [-0.2, 0) is 11.2 Å². The first-order chi connectivity index (χ1) is 6.00. The molecule has 1 aromatic heterocycles. The molecule has 4 nitrogen and oxygen atoms in total. The summed E-state index contributed by atoms with van der Waals surface area (Å²) in [5.74, 6) is -2.08. The molecule has 0 radical (unpaired) electrons. The largest absolute Gasteiger partial charge is 0.481 e. The van der Waals surface area contributed by atoms with E-state index in [1.54, 1.807) is 6.92 Å². The summed E-state index contributed by atoms with van der Waals surface area (Å²) in [4.78, 5) is 22.2. The van der Waals surface area contributed by atoms with Crippen molar-refractivity contribution in [1.82, 2.24) is 0 Å². The SMILES string of the molecule is Cc1cc(C(=O)O)c(CC(=O)O)s1. The van der Waals surface area contributed by atoms with Gasteiger partial charge in [0.25, 0.3) is 0 Å². The number of aromatic carboxylic acids is 1. The summed E-state index contributed by atoms with van der Waals surface area (Å²) >= 11 is 1.21. The van der Waals surface area contributed by atoms with Crippen molar-refractivity contribution in [1.29, 1.82) is 0 Å². The summed E-state index contributed by atoms with van der Waals surface area (Å²) in [6.45, 7) is 1.75. The maximum Gasteiger partial charge on any atom is 0.336 e. The van der Waals surface area contributed by atoms with Gasteiger partial charge in [0.2, 0.25) is 0 Å². The highest BCUT2D eigenvalue weighted by Gasteiger charge is 2.15. The molecule has 0 fully saturated rings. The van der Waals surface area contributed by atoms with Crippen LogP contribution in [0.2, 0.25) is 0 Å². The molecule has 1 aromatic rings. The van der Waals surface area contributed by atoms with Crippen LogP contribution in [0.4, 0.5) is 0 Å². The van der Waals surface area contributed by atoms with Crippen LogP contribution in [0, 0.1) is 6.92 Å². The van der Waals surface area contributed by atoms with Gasteiger partial charge in [-0.2, -0.15) is 0 Å². The first kappa shape index (κ1) is 9.73. The van der Waals surface area contributed by atoms with Gasteiger partial charge in [-0.05, 0) is 13.0 Å². The fourth-order valence-corrected chi connectivity index (χ4v) is 2.03. The van der Waals surface area contributed by atoms with Crippen LogP contribution in [0.25, 0.3) is 0 Å². The lowest BCUT2D eigenvalue weighted by atomic mass is 10.2. The number of rotatable bonds is 3. The molecule has 0 bridgehead atoms. The van der Waals surface area contributed by atoms with Crippen LogP contribution < -0.4 is 0 Å². The molecule has 0 atom stereocenters. The van der Waals surface area contributed by atoms with Crippen molar-refractivity contribution in [2.45, 2.75) is 13.3 Å². The van der Waals surface area contributed by atoms with E-state index >= 15 is 0 Å². The van der Waals surface area contributed by atoms with Gasteiger partial charge < -0.3 is 10.2 Å². The Hall–Kier alpha value is -1.36. The van der Waals surface area contributed by atoms with E-state index in [2.05, 4.69) is 0 Å². The molecule has 70 valence electrons. The van der Waals surface area contributed by atoms with Gasteiger partial charge in [-0.25, -0.2) is 4.79 Å². The topological polar surface area (TPSA) is 74.6 Å². The Balaban J connectivity index is 3.04. The number of aliphatic carboxylic acids is 1. The quantitative estimate of drug-likeness (QED) is 0.773. The molecule has 0 aliphatic rings. The number of hydrogen-bond acceptors (Lipinski definition) is 3. The van der Waals surface area contributed by atoms with Crippen LogP contribution in [0.3, 0.4) is 0 Å². The molecule has 5 heteroatoms. The van der Waals surface area contributed by atoms with Crippen molar-refractivity contribution in [2.24, 2.45) is 0 Å². The zero-order chi connectivity index (χ0) is 10.0. The fraction of sp³-hybridized carbons (Fsp3) is 0.250. The Morgan fingerprint density at radius 2 is 2.08 bits per heavy atom. The monoisotopic (exact) mass is 200 g/mol. The van der Waals surface area contributed by atoms with Crippen LogP contribution in [0.15, 0.2) is 6.07 Å². The fourth-order valence-electron chi connectivity index (χ4n) is 1.01. The molecule has 1 rings (SSSR count). The molecule has 0 aliphatic carbocycles. The van der Waals surface area contributed by atoms with E-state index in [0.717, 1.165) is 4.88 Å². The highest BCUT2D eigenvalue weighted by atomic mass is 32.1. The van der Waals surface area contributed by atoms with Crippen molar-refractivity contribution in [3.05, 3.63) is 21.4 Å². The molecule has 0 spiro atoms. The standard InChI is InChI=1S/C8H8O4S/c1-4-2-5(8(11)12)6(13-4)3-7(9)10/h2H,3H2,1H3,(H,9,10)(H,11,12). The molecular formula is C8H8O4S. The van der Waals surface area contributed by atoms with E-state index in [1.165, 1.54) is 17.4 Å². The van der Waals surface area contributed by atoms with Crippen molar-refractivity contribution < 1.29 is 19.8 Å². The summed E-state index contributed by atoms with van der Waals surface area (Å²) in [5.41, 5.74) is 0.102. The van der Waals surface area contributed by atoms with Crippen molar-refractivity contribution in [2.75, 3.05) is 0 Å². The highest BCUT2D eigenvalue weighted by molar-refractivity contribution is 7.12. The van der Waals surface area contributed by atoms with Gasteiger partial charge in [0.05, 0.1) is 12.0 Å². The predicted molar refractivity (Wildman–Crippen MR) is 47.4 cm³/mol. The third-order valence-corrected chi connectivity index (χ3v) is 2.52. The van der Waals surface area contributed by atoms with Crippen molar-refractivity contribution in [3.8, 4) is 0 Å². The lowest BCUT2D eigenvalue weighted by molar-refractivity contribution is -0.136. The predicted octanol–water partition coefficient (Wildman–Crippen LogP) is 1.38. The number of aryl methyl sites for hydroxylation is 1. The Labute approximate surface area is 78.4 Å². The first-order valence-corrected chi connectivity index (χ1v) is 4.36. The molecule has 2 N–H and O–H groups in total. The van der Waals surface area contributed by atoms with E-state index in [-0.39, 0.29) is 12.0 Å². The summed E-state index contributed by atoms with van der Waals surface area (Å²) in [6, 6.07) is 1.49. The van der Waals surface area contributed by atoms with Gasteiger partial charge in [0.15, 0.2) is 0 Å². The number of carboxylic acid groups (broad SMARTS) is 2. The average molecular weight is 200 g/mol. The van der Waals surface area contributed by atoms with Crippen molar-refractivity contribution >= 4 is 23.3 Å². The molecule has 0 saturated carbocycles. The zero-order valence-electron chi connectivity index (χ0n) is 6.90. The Morgan fingerprint density at radius 1 is 1.46 bits per heavy atom. The minimum absolute atomic E-state index is 0.102. The van der Waals surface area contributed by atoms with Gasteiger partial charge >= 0.3 is 11.9 Å². The van der Waals surface area contributed by atoms with Gasteiger partial charge in [-0.3, -0.25) is 4.79 Å². The van der Waals surface area contributed by atoms with Crippen LogP contribution in [0.5, 0.6) is 0 Å². The molecular weight excluding hydrogens is 192 g/mol. The maximum atomic E-state index is 10.6. The van der Waals surface area contributed by atoms with Crippen molar-refractivity contribution in [3.63, 3.8) is 0 Å². The number of hydrogen-bond donors (Lipinski definition) is 2. The second-order valence-corrected chi connectivity index (χ2v) is 3.91. The van der Waals surface area contributed by atoms with Gasteiger partial charge in [0.1, 0.15) is 0 Å². The lowest BCUT2D eigenvalue weighted by Crippen LogP contribution is -2.04. The number of carboxylic acids is 2. The Bertz CT molecular complexity index is 353. The Kier molecular flexibility index (Phi) is 2.67. The number of thiophene rings is 1. The minimum atomic E-state index is -1.07. The molecule has 0 unspecified atom stereocenters. The third-order valence-electron chi connectivity index (χ3n) is 1.47. The van der Waals surface area contributed by atoms with Gasteiger partial charge in [-0.1, -0.05) is 0 Å². The first-order valence-electron chi connectivity index (χ1n) is 3.55. The molecule has 0 saturated heterocycles.